The van der Waals surface area contributed by atoms with Crippen molar-refractivity contribution in [3.63, 3.8) is 0 Å². The van der Waals surface area contributed by atoms with Crippen molar-refractivity contribution in [3.05, 3.63) is 52.3 Å². The molecule has 2 saturated heterocycles. The van der Waals surface area contributed by atoms with Crippen molar-refractivity contribution in [2.45, 2.75) is 32.4 Å². The SMILES string of the molecule is C=C1[C@@H]2C(=O)N(C(C)(C)C)[C@@H]2C(=Cc2ccccc2)S1(=O)=O. The molecule has 3 rings (SSSR count). The van der Waals surface area contributed by atoms with Gasteiger partial charge in [0.05, 0.1) is 21.8 Å². The second-order valence-electron chi connectivity index (χ2n) is 6.73. The van der Waals surface area contributed by atoms with E-state index in [2.05, 4.69) is 6.58 Å². The zero-order valence-corrected chi connectivity index (χ0v) is 13.7. The highest BCUT2D eigenvalue weighted by Gasteiger charge is 2.63. The first-order valence-corrected chi connectivity index (χ1v) is 8.68. The van der Waals surface area contributed by atoms with Gasteiger partial charge in [0.1, 0.15) is 0 Å². The van der Waals surface area contributed by atoms with E-state index in [0.717, 1.165) is 5.56 Å². The topological polar surface area (TPSA) is 54.5 Å². The maximum absolute atomic E-state index is 12.6. The number of nitrogens with zero attached hydrogens (tertiary/aromatic N) is 1. The average molecular weight is 317 g/mol. The van der Waals surface area contributed by atoms with Crippen LogP contribution in [-0.4, -0.2) is 30.8 Å². The van der Waals surface area contributed by atoms with Crippen LogP contribution in [-0.2, 0) is 14.6 Å². The molecule has 1 amide bonds. The molecule has 1 aromatic carbocycles. The Morgan fingerprint density at radius 3 is 2.32 bits per heavy atom. The van der Waals surface area contributed by atoms with Crippen LogP contribution in [0.1, 0.15) is 26.3 Å². The van der Waals surface area contributed by atoms with E-state index in [0.29, 0.717) is 0 Å². The number of carbonyl (C=O) groups excluding carboxylic acids is 1. The molecule has 0 bridgehead atoms. The highest BCUT2D eigenvalue weighted by atomic mass is 32.2. The van der Waals surface area contributed by atoms with Crippen molar-refractivity contribution < 1.29 is 13.2 Å². The third kappa shape index (κ3) is 1.96. The average Bonchev–Trinajstić information content (AvgIpc) is 2.56. The fraction of sp³-hybridized carbons (Fsp3) is 0.353. The molecule has 0 spiro atoms. The Balaban J connectivity index is 2.14. The summed E-state index contributed by atoms with van der Waals surface area (Å²) < 4.78 is 25.3. The van der Waals surface area contributed by atoms with Crippen LogP contribution in [0.4, 0.5) is 0 Å². The zero-order valence-electron chi connectivity index (χ0n) is 12.9. The van der Waals surface area contributed by atoms with Gasteiger partial charge in [-0.25, -0.2) is 8.42 Å². The van der Waals surface area contributed by atoms with E-state index in [1.54, 1.807) is 11.0 Å². The highest BCUT2D eigenvalue weighted by Crippen LogP contribution is 2.51. The lowest BCUT2D eigenvalue weighted by atomic mass is 9.82. The summed E-state index contributed by atoms with van der Waals surface area (Å²) in [5, 5.41) is 0. The number of hydrogen-bond donors (Lipinski definition) is 0. The number of sulfone groups is 1. The first-order valence-electron chi connectivity index (χ1n) is 7.19. The van der Waals surface area contributed by atoms with Gasteiger partial charge in [0, 0.05) is 5.54 Å². The summed E-state index contributed by atoms with van der Waals surface area (Å²) in [7, 11) is -3.62. The summed E-state index contributed by atoms with van der Waals surface area (Å²) in [4.78, 5) is 14.3. The number of hydrogen-bond acceptors (Lipinski definition) is 3. The van der Waals surface area contributed by atoms with Crippen molar-refractivity contribution in [2.75, 3.05) is 0 Å². The van der Waals surface area contributed by atoms with Gasteiger partial charge in [-0.05, 0) is 32.4 Å². The molecule has 2 fully saturated rings. The Labute approximate surface area is 131 Å². The fourth-order valence-electron chi connectivity index (χ4n) is 3.20. The normalized spacial score (nSPS) is 28.7. The molecule has 0 aliphatic carbocycles. The molecular weight excluding hydrogens is 298 g/mol. The smallest absolute Gasteiger partial charge is 0.234 e. The molecule has 5 heteroatoms. The highest BCUT2D eigenvalue weighted by molar-refractivity contribution is 7.99. The molecule has 0 saturated carbocycles. The van der Waals surface area contributed by atoms with Gasteiger partial charge in [0.15, 0.2) is 0 Å². The molecule has 2 heterocycles. The molecule has 0 unspecified atom stereocenters. The first-order chi connectivity index (χ1) is 10.2. The zero-order chi connectivity index (χ0) is 16.3. The number of carbonyl (C=O) groups is 1. The van der Waals surface area contributed by atoms with Crippen molar-refractivity contribution in [1.82, 2.24) is 4.90 Å². The van der Waals surface area contributed by atoms with E-state index in [4.69, 9.17) is 0 Å². The van der Waals surface area contributed by atoms with E-state index in [1.165, 1.54) is 0 Å². The first kappa shape index (κ1) is 15.0. The van der Waals surface area contributed by atoms with Gasteiger partial charge in [-0.3, -0.25) is 4.79 Å². The Morgan fingerprint density at radius 2 is 1.77 bits per heavy atom. The van der Waals surface area contributed by atoms with Crippen molar-refractivity contribution >= 4 is 21.8 Å². The van der Waals surface area contributed by atoms with Gasteiger partial charge in [-0.1, -0.05) is 36.9 Å². The van der Waals surface area contributed by atoms with E-state index in [1.807, 2.05) is 51.1 Å². The molecule has 2 atom stereocenters. The summed E-state index contributed by atoms with van der Waals surface area (Å²) in [5.41, 5.74) is 0.386. The third-order valence-electron chi connectivity index (χ3n) is 4.22. The summed E-state index contributed by atoms with van der Waals surface area (Å²) in [6, 6.07) is 8.86. The standard InChI is InChI=1S/C17H19NO3S/c1-11-14-15(18(16(14)19)17(2,3)4)13(22(11,20)21)10-12-8-6-5-7-9-12/h5-10,14-15H,1H2,2-4H3/t14-,15+/m0/s1. The van der Waals surface area contributed by atoms with Crippen LogP contribution >= 0.6 is 0 Å². The molecule has 0 radical (unpaired) electrons. The van der Waals surface area contributed by atoms with E-state index < -0.39 is 27.3 Å². The maximum atomic E-state index is 12.6. The van der Waals surface area contributed by atoms with Gasteiger partial charge >= 0.3 is 0 Å². The van der Waals surface area contributed by atoms with Gasteiger partial charge in [0.2, 0.25) is 15.7 Å². The van der Waals surface area contributed by atoms with Crippen LogP contribution in [0, 0.1) is 5.92 Å². The Hall–Kier alpha value is -1.88. The van der Waals surface area contributed by atoms with Gasteiger partial charge in [-0.15, -0.1) is 0 Å². The van der Waals surface area contributed by atoms with Crippen LogP contribution < -0.4 is 0 Å². The molecule has 22 heavy (non-hydrogen) atoms. The monoisotopic (exact) mass is 317 g/mol. The Morgan fingerprint density at radius 1 is 1.18 bits per heavy atom. The van der Waals surface area contributed by atoms with Crippen LogP contribution in [0.25, 0.3) is 6.08 Å². The lowest BCUT2D eigenvalue weighted by Crippen LogP contribution is -2.65. The molecule has 2 aliphatic heterocycles. The molecule has 0 aromatic heterocycles. The number of rotatable bonds is 1. The number of amides is 1. The maximum Gasteiger partial charge on any atom is 0.234 e. The third-order valence-corrected chi connectivity index (χ3v) is 6.15. The molecule has 0 N–H and O–H groups in total. The Kier molecular flexibility index (Phi) is 3.11. The lowest BCUT2D eigenvalue weighted by Gasteiger charge is -2.50. The van der Waals surface area contributed by atoms with Crippen LogP contribution in [0.15, 0.2) is 46.7 Å². The number of fused-ring (bicyclic) bond motifs is 1. The predicted molar refractivity (Wildman–Crippen MR) is 86.4 cm³/mol. The second kappa shape index (κ2) is 4.56. The number of β-lactam (4-membered cyclic amide) rings is 1. The fourth-order valence-corrected chi connectivity index (χ4v) is 4.91. The number of benzene rings is 1. The largest absolute Gasteiger partial charge is 0.328 e. The van der Waals surface area contributed by atoms with Gasteiger partial charge < -0.3 is 4.90 Å². The minimum absolute atomic E-state index is 0.0326. The van der Waals surface area contributed by atoms with Gasteiger partial charge in [-0.2, -0.15) is 0 Å². The van der Waals surface area contributed by atoms with Crippen molar-refractivity contribution in [3.8, 4) is 0 Å². The Bertz CT molecular complexity index is 785. The summed E-state index contributed by atoms with van der Waals surface area (Å²) in [6.45, 7) is 9.41. The summed E-state index contributed by atoms with van der Waals surface area (Å²) >= 11 is 0. The van der Waals surface area contributed by atoms with Crippen molar-refractivity contribution in [1.29, 1.82) is 0 Å². The summed E-state index contributed by atoms with van der Waals surface area (Å²) in [6.07, 6.45) is 1.66. The number of likely N-dealkylation sites (tertiary alicyclic amines) is 1. The van der Waals surface area contributed by atoms with Gasteiger partial charge in [0.25, 0.3) is 0 Å². The molecule has 1 aromatic rings. The minimum Gasteiger partial charge on any atom is -0.328 e. The minimum atomic E-state index is -3.62. The predicted octanol–water partition coefficient (Wildman–Crippen LogP) is 2.60. The van der Waals surface area contributed by atoms with Crippen LogP contribution in [0.3, 0.4) is 0 Å². The van der Waals surface area contributed by atoms with E-state index >= 15 is 0 Å². The van der Waals surface area contributed by atoms with Crippen molar-refractivity contribution in [2.24, 2.45) is 5.92 Å². The molecule has 116 valence electrons. The molecule has 2 aliphatic rings. The van der Waals surface area contributed by atoms with Crippen LogP contribution in [0.5, 0.6) is 0 Å². The van der Waals surface area contributed by atoms with E-state index in [9.17, 15) is 13.2 Å². The second-order valence-corrected chi connectivity index (χ2v) is 8.73. The quantitative estimate of drug-likeness (QED) is 0.748. The summed E-state index contributed by atoms with van der Waals surface area (Å²) in [5.74, 6) is -0.776. The van der Waals surface area contributed by atoms with Crippen LogP contribution in [0.2, 0.25) is 0 Å². The van der Waals surface area contributed by atoms with E-state index in [-0.39, 0.29) is 15.7 Å². The molecule has 4 nitrogen and oxygen atoms in total. The lowest BCUT2D eigenvalue weighted by molar-refractivity contribution is -0.157. The molecular formula is C17H19NO3S.